The van der Waals surface area contributed by atoms with Crippen molar-refractivity contribution < 1.29 is 8.42 Å². The number of fused-ring (bicyclic) bond motifs is 1. The average molecular weight is 309 g/mol. The summed E-state index contributed by atoms with van der Waals surface area (Å²) in [5.74, 6) is 0.902. The number of nitrogens with one attached hydrogen (secondary N) is 2. The molecule has 0 radical (unpaired) electrons. The van der Waals surface area contributed by atoms with Crippen molar-refractivity contribution in [2.75, 3.05) is 13.1 Å². The van der Waals surface area contributed by atoms with E-state index in [0.29, 0.717) is 11.8 Å². The summed E-state index contributed by atoms with van der Waals surface area (Å²) in [4.78, 5) is 0.166. The summed E-state index contributed by atoms with van der Waals surface area (Å²) in [5, 5.41) is 3.50. The molecule has 100 valence electrons. The Morgan fingerprint density at radius 3 is 2.44 bits per heavy atom. The van der Waals surface area contributed by atoms with Crippen LogP contribution in [-0.4, -0.2) is 27.5 Å². The molecule has 0 spiro atoms. The number of benzene rings is 1. The molecule has 4 nitrogen and oxygen atoms in total. The number of hydrogen-bond donors (Lipinski definition) is 2. The van der Waals surface area contributed by atoms with Gasteiger partial charge in [0.1, 0.15) is 4.90 Å². The molecule has 1 aliphatic carbocycles. The Labute approximate surface area is 118 Å². The molecule has 2 unspecified atom stereocenters. The van der Waals surface area contributed by atoms with Gasteiger partial charge in [-0.25, -0.2) is 13.1 Å². The third-order valence-electron chi connectivity index (χ3n) is 3.51. The second kappa shape index (κ2) is 4.98. The summed E-state index contributed by atoms with van der Waals surface area (Å²) in [6.07, 6.45) is 0. The summed E-state index contributed by atoms with van der Waals surface area (Å²) in [7, 11) is -3.48. The molecular weight excluding hydrogens is 295 g/mol. The van der Waals surface area contributed by atoms with Crippen LogP contribution in [0.25, 0.3) is 0 Å². The van der Waals surface area contributed by atoms with E-state index in [9.17, 15) is 8.42 Å². The lowest BCUT2D eigenvalue weighted by atomic mass is 10.4. The van der Waals surface area contributed by atoms with Crippen LogP contribution in [0.2, 0.25) is 5.02 Å². The normalized spacial score (nSPS) is 29.5. The van der Waals surface area contributed by atoms with E-state index >= 15 is 0 Å². The van der Waals surface area contributed by atoms with Crippen molar-refractivity contribution in [3.63, 3.8) is 0 Å². The summed E-state index contributed by atoms with van der Waals surface area (Å²) in [6.45, 7) is 1.81. The van der Waals surface area contributed by atoms with Crippen molar-refractivity contribution in [2.24, 2.45) is 11.8 Å². The zero-order valence-electron chi connectivity index (χ0n) is 9.47. The molecule has 0 aromatic heterocycles. The highest BCUT2D eigenvalue weighted by atomic mass is 35.5. The van der Waals surface area contributed by atoms with E-state index in [2.05, 4.69) is 10.0 Å². The molecule has 1 saturated heterocycles. The van der Waals surface area contributed by atoms with E-state index in [-0.39, 0.29) is 28.4 Å². The smallest absolute Gasteiger partial charge is 0.242 e. The summed E-state index contributed by atoms with van der Waals surface area (Å²) in [5.41, 5.74) is 0. The van der Waals surface area contributed by atoms with Crippen LogP contribution in [0, 0.1) is 11.8 Å². The predicted molar refractivity (Wildman–Crippen MR) is 72.7 cm³/mol. The fourth-order valence-corrected chi connectivity index (χ4v) is 4.36. The molecule has 0 bridgehead atoms. The highest BCUT2D eigenvalue weighted by Crippen LogP contribution is 2.42. The maximum absolute atomic E-state index is 12.1. The monoisotopic (exact) mass is 308 g/mol. The van der Waals surface area contributed by atoms with Crippen molar-refractivity contribution >= 4 is 34.0 Å². The van der Waals surface area contributed by atoms with Crippen LogP contribution in [0.1, 0.15) is 0 Å². The van der Waals surface area contributed by atoms with Crippen LogP contribution in [0.4, 0.5) is 0 Å². The Kier molecular flexibility index (Phi) is 3.90. The number of sulfonamides is 1. The minimum Gasteiger partial charge on any atom is -0.316 e. The lowest BCUT2D eigenvalue weighted by Crippen LogP contribution is -2.32. The topological polar surface area (TPSA) is 58.2 Å². The van der Waals surface area contributed by atoms with Gasteiger partial charge in [-0.3, -0.25) is 0 Å². The highest BCUT2D eigenvalue weighted by Gasteiger charge is 2.54. The van der Waals surface area contributed by atoms with Gasteiger partial charge < -0.3 is 5.32 Å². The molecule has 2 atom stereocenters. The standard InChI is InChI=1S/C11H13ClN2O2S.ClH/c12-9-3-1-2-4-10(9)17(15,16)14-11-7-5-13-6-8(7)11;/h1-4,7-8,11,13-14H,5-6H2;1H. The van der Waals surface area contributed by atoms with Gasteiger partial charge in [0.25, 0.3) is 0 Å². The van der Waals surface area contributed by atoms with E-state index in [4.69, 9.17) is 11.6 Å². The largest absolute Gasteiger partial charge is 0.316 e. The third kappa shape index (κ3) is 2.38. The van der Waals surface area contributed by atoms with E-state index in [1.807, 2.05) is 0 Å². The Balaban J connectivity index is 0.00000120. The fourth-order valence-electron chi connectivity index (χ4n) is 2.50. The first kappa shape index (κ1) is 14.1. The lowest BCUT2D eigenvalue weighted by molar-refractivity contribution is 0.565. The van der Waals surface area contributed by atoms with E-state index < -0.39 is 10.0 Å². The van der Waals surface area contributed by atoms with Gasteiger partial charge in [0, 0.05) is 6.04 Å². The van der Waals surface area contributed by atoms with Crippen molar-refractivity contribution in [2.45, 2.75) is 10.9 Å². The van der Waals surface area contributed by atoms with Gasteiger partial charge in [-0.05, 0) is 37.1 Å². The van der Waals surface area contributed by atoms with Crippen molar-refractivity contribution in [1.29, 1.82) is 0 Å². The molecule has 3 rings (SSSR count). The number of rotatable bonds is 3. The first-order chi connectivity index (χ1) is 8.09. The molecular formula is C11H14Cl2N2O2S. The van der Waals surface area contributed by atoms with Crippen LogP contribution in [0.3, 0.4) is 0 Å². The molecule has 2 fully saturated rings. The predicted octanol–water partition coefficient (Wildman–Crippen LogP) is 1.26. The molecule has 1 aliphatic heterocycles. The SMILES string of the molecule is Cl.O=S(=O)(NC1C2CNCC21)c1ccccc1Cl. The Morgan fingerprint density at radius 1 is 1.22 bits per heavy atom. The van der Waals surface area contributed by atoms with Crippen molar-refractivity contribution in [3.05, 3.63) is 29.3 Å². The average Bonchev–Trinajstić information content (AvgIpc) is 2.75. The molecule has 0 amide bonds. The third-order valence-corrected chi connectivity index (χ3v) is 5.47. The first-order valence-electron chi connectivity index (χ1n) is 5.57. The number of piperidine rings is 1. The quantitative estimate of drug-likeness (QED) is 0.884. The second-order valence-corrected chi connectivity index (χ2v) is 6.65. The molecule has 1 saturated carbocycles. The van der Waals surface area contributed by atoms with Crippen molar-refractivity contribution in [1.82, 2.24) is 10.0 Å². The van der Waals surface area contributed by atoms with Gasteiger partial charge in [0.2, 0.25) is 10.0 Å². The molecule has 1 heterocycles. The first-order valence-corrected chi connectivity index (χ1v) is 7.43. The van der Waals surface area contributed by atoms with E-state index in [1.165, 1.54) is 6.07 Å². The molecule has 1 aromatic carbocycles. The zero-order chi connectivity index (χ0) is 12.0. The van der Waals surface area contributed by atoms with Gasteiger partial charge in [0.15, 0.2) is 0 Å². The molecule has 7 heteroatoms. The van der Waals surface area contributed by atoms with Crippen LogP contribution in [0.15, 0.2) is 29.2 Å². The van der Waals surface area contributed by atoms with Crippen LogP contribution in [-0.2, 0) is 10.0 Å². The summed E-state index contributed by atoms with van der Waals surface area (Å²) >= 11 is 5.90. The Morgan fingerprint density at radius 2 is 1.83 bits per heavy atom. The Hall–Kier alpha value is -0.330. The second-order valence-electron chi connectivity index (χ2n) is 4.56. The fraction of sp³-hybridized carbons (Fsp3) is 0.455. The van der Waals surface area contributed by atoms with Crippen LogP contribution in [0.5, 0.6) is 0 Å². The maximum atomic E-state index is 12.1. The number of halogens is 2. The molecule has 2 aliphatic rings. The molecule has 2 N–H and O–H groups in total. The van der Waals surface area contributed by atoms with Crippen LogP contribution < -0.4 is 10.0 Å². The van der Waals surface area contributed by atoms with Crippen molar-refractivity contribution in [3.8, 4) is 0 Å². The van der Waals surface area contributed by atoms with Gasteiger partial charge in [-0.1, -0.05) is 23.7 Å². The minimum atomic E-state index is -3.48. The van der Waals surface area contributed by atoms with Crippen LogP contribution >= 0.6 is 24.0 Å². The summed E-state index contributed by atoms with van der Waals surface area (Å²) in [6, 6.07) is 6.59. The van der Waals surface area contributed by atoms with E-state index in [0.717, 1.165) is 13.1 Å². The zero-order valence-corrected chi connectivity index (χ0v) is 11.9. The van der Waals surface area contributed by atoms with Gasteiger partial charge in [-0.2, -0.15) is 0 Å². The highest BCUT2D eigenvalue weighted by molar-refractivity contribution is 7.89. The minimum absolute atomic E-state index is 0. The van der Waals surface area contributed by atoms with Gasteiger partial charge in [-0.15, -0.1) is 12.4 Å². The maximum Gasteiger partial charge on any atom is 0.242 e. The molecule has 18 heavy (non-hydrogen) atoms. The van der Waals surface area contributed by atoms with E-state index in [1.54, 1.807) is 18.2 Å². The Bertz CT molecular complexity index is 540. The summed E-state index contributed by atoms with van der Waals surface area (Å²) < 4.78 is 27.0. The number of hydrogen-bond acceptors (Lipinski definition) is 3. The van der Waals surface area contributed by atoms with Gasteiger partial charge in [0.05, 0.1) is 5.02 Å². The molecule has 1 aromatic rings. The van der Waals surface area contributed by atoms with Gasteiger partial charge >= 0.3 is 0 Å². The lowest BCUT2D eigenvalue weighted by Gasteiger charge is -2.09.